The Morgan fingerprint density at radius 2 is 2.24 bits per heavy atom. The van der Waals surface area contributed by atoms with Gasteiger partial charge in [-0.25, -0.2) is 0 Å². The Labute approximate surface area is 101 Å². The van der Waals surface area contributed by atoms with E-state index in [2.05, 4.69) is 22.5 Å². The zero-order valence-corrected chi connectivity index (χ0v) is 10.4. The normalized spacial score (nSPS) is 18.3. The van der Waals surface area contributed by atoms with Crippen LogP contribution in [0.2, 0.25) is 0 Å². The molecule has 0 bridgehead atoms. The highest BCUT2D eigenvalue weighted by Gasteiger charge is 2.15. The van der Waals surface area contributed by atoms with E-state index >= 15 is 0 Å². The number of aryl methyl sites for hydroxylation is 1. The number of nitrogens with one attached hydrogen (secondary N) is 1. The molecule has 0 aliphatic carbocycles. The lowest BCUT2D eigenvalue weighted by molar-refractivity contribution is 0.332. The molecule has 94 valence electrons. The van der Waals surface area contributed by atoms with Crippen LogP contribution in [0.15, 0.2) is 11.8 Å². The molecule has 0 saturated carbocycles. The van der Waals surface area contributed by atoms with E-state index < -0.39 is 0 Å². The van der Waals surface area contributed by atoms with Gasteiger partial charge in [0, 0.05) is 25.3 Å². The van der Waals surface area contributed by atoms with E-state index in [4.69, 9.17) is 11.6 Å². The van der Waals surface area contributed by atoms with Crippen LogP contribution in [0.1, 0.15) is 24.7 Å². The number of aromatic nitrogens is 2. The number of allylic oxidation sites excluding steroid dienone is 1. The molecule has 5 N–H and O–H groups in total. The highest BCUT2D eigenvalue weighted by Crippen LogP contribution is 2.16. The summed E-state index contributed by atoms with van der Waals surface area (Å²) in [7, 11) is 2.12. The van der Waals surface area contributed by atoms with E-state index in [-0.39, 0.29) is 0 Å². The van der Waals surface area contributed by atoms with Gasteiger partial charge in [-0.15, -0.1) is 0 Å². The van der Waals surface area contributed by atoms with Gasteiger partial charge in [0.1, 0.15) is 5.69 Å². The maximum atomic E-state index is 5.98. The van der Waals surface area contributed by atoms with Crippen LogP contribution in [-0.2, 0) is 13.1 Å². The second-order valence-electron chi connectivity index (χ2n) is 4.52. The molecule has 17 heavy (non-hydrogen) atoms. The molecule has 1 aromatic rings. The predicted molar refractivity (Wildman–Crippen MR) is 67.3 cm³/mol. The molecule has 0 atom stereocenters. The summed E-state index contributed by atoms with van der Waals surface area (Å²) < 4.78 is 2.04. The molecule has 2 rings (SSSR count). The van der Waals surface area contributed by atoms with Gasteiger partial charge >= 0.3 is 0 Å². The molecule has 0 amide bonds. The molecular formula is C11H20N6. The molecule has 0 radical (unpaired) electrons. The first-order valence-electron chi connectivity index (χ1n) is 5.80. The van der Waals surface area contributed by atoms with Crippen molar-refractivity contribution in [3.63, 3.8) is 0 Å². The molecule has 1 aliphatic heterocycles. The Balaban J connectivity index is 2.32. The number of rotatable bonds is 2. The second-order valence-corrected chi connectivity index (χ2v) is 4.52. The molecule has 2 heterocycles. The Bertz CT molecular complexity index is 433. The molecule has 6 heteroatoms. The largest absolute Gasteiger partial charge is 0.395 e. The van der Waals surface area contributed by atoms with Crippen molar-refractivity contribution in [2.45, 2.75) is 26.4 Å². The Kier molecular flexibility index (Phi) is 3.35. The van der Waals surface area contributed by atoms with Crippen molar-refractivity contribution >= 4 is 5.70 Å². The summed E-state index contributed by atoms with van der Waals surface area (Å²) >= 11 is 0. The number of nitrogens with zero attached hydrogens (tertiary/aromatic N) is 3. The third kappa shape index (κ3) is 2.42. The monoisotopic (exact) mass is 236 g/mol. The van der Waals surface area contributed by atoms with Crippen LogP contribution >= 0.6 is 0 Å². The Morgan fingerprint density at radius 1 is 1.47 bits per heavy atom. The zero-order valence-electron chi connectivity index (χ0n) is 10.4. The average molecular weight is 236 g/mol. The number of fused-ring (bicyclic) bond motifs is 1. The summed E-state index contributed by atoms with van der Waals surface area (Å²) in [5, 5.41) is 4.53. The third-order valence-corrected chi connectivity index (χ3v) is 3.10. The molecular weight excluding hydrogens is 216 g/mol. The van der Waals surface area contributed by atoms with E-state index in [1.165, 1.54) is 5.69 Å². The fourth-order valence-electron chi connectivity index (χ4n) is 2.02. The van der Waals surface area contributed by atoms with Crippen molar-refractivity contribution in [1.29, 1.82) is 0 Å². The van der Waals surface area contributed by atoms with Gasteiger partial charge in [0.05, 0.1) is 11.4 Å². The zero-order chi connectivity index (χ0) is 12.4. The molecule has 1 aliphatic rings. The van der Waals surface area contributed by atoms with Gasteiger partial charge in [-0.2, -0.15) is 5.10 Å². The lowest BCUT2D eigenvalue weighted by Gasteiger charge is -2.10. The first kappa shape index (κ1) is 11.9. The summed E-state index contributed by atoms with van der Waals surface area (Å²) in [5.74, 6) is 5.35. The van der Waals surface area contributed by atoms with Crippen LogP contribution in [0.3, 0.4) is 0 Å². The van der Waals surface area contributed by atoms with Gasteiger partial charge in [-0.3, -0.25) is 10.5 Å². The average Bonchev–Trinajstić information content (AvgIpc) is 2.62. The topological polar surface area (TPSA) is 85.1 Å². The summed E-state index contributed by atoms with van der Waals surface area (Å²) in [5.41, 5.74) is 11.9. The van der Waals surface area contributed by atoms with Gasteiger partial charge in [0.25, 0.3) is 0 Å². The van der Waals surface area contributed by atoms with Crippen LogP contribution in [0.4, 0.5) is 0 Å². The lowest BCUT2D eigenvalue weighted by Crippen LogP contribution is -2.22. The molecule has 0 saturated heterocycles. The standard InChI is InChI=1S/C11H20N6/c1-8(14-13)11(12)10-6-9-7-16(2)4-3-5-17(9)15-10/h6,14H,3-5,7,12-13H2,1-2H3/b11-8-. The van der Waals surface area contributed by atoms with Gasteiger partial charge in [-0.05, 0) is 26.5 Å². The molecule has 0 fully saturated rings. The lowest BCUT2D eigenvalue weighted by atomic mass is 10.2. The maximum absolute atomic E-state index is 5.98. The number of hydrogen-bond acceptors (Lipinski definition) is 5. The van der Waals surface area contributed by atoms with Crippen molar-refractivity contribution in [3.05, 3.63) is 23.2 Å². The van der Waals surface area contributed by atoms with Gasteiger partial charge in [0.2, 0.25) is 0 Å². The first-order chi connectivity index (χ1) is 8.11. The fourth-order valence-corrected chi connectivity index (χ4v) is 2.02. The fraction of sp³-hybridized carbons (Fsp3) is 0.545. The third-order valence-electron chi connectivity index (χ3n) is 3.10. The first-order valence-corrected chi connectivity index (χ1v) is 5.80. The van der Waals surface area contributed by atoms with Crippen molar-refractivity contribution in [1.82, 2.24) is 20.1 Å². The van der Waals surface area contributed by atoms with E-state index in [9.17, 15) is 0 Å². The summed E-state index contributed by atoms with van der Waals surface area (Å²) in [6, 6.07) is 2.04. The highest BCUT2D eigenvalue weighted by atomic mass is 15.3. The Morgan fingerprint density at radius 3 is 2.94 bits per heavy atom. The van der Waals surface area contributed by atoms with Crippen molar-refractivity contribution < 1.29 is 0 Å². The molecule has 0 unspecified atom stereocenters. The van der Waals surface area contributed by atoms with Crippen LogP contribution in [0, 0.1) is 0 Å². The van der Waals surface area contributed by atoms with E-state index in [0.717, 1.165) is 37.4 Å². The summed E-state index contributed by atoms with van der Waals surface area (Å²) in [6.07, 6.45) is 1.11. The van der Waals surface area contributed by atoms with E-state index in [0.29, 0.717) is 5.70 Å². The SMILES string of the molecule is C/C(NN)=C(/N)c1cc2n(n1)CCCN(C)C2. The van der Waals surface area contributed by atoms with Crippen LogP contribution < -0.4 is 17.0 Å². The van der Waals surface area contributed by atoms with Gasteiger partial charge < -0.3 is 16.1 Å². The smallest absolute Gasteiger partial charge is 0.110 e. The molecule has 0 aromatic carbocycles. The highest BCUT2D eigenvalue weighted by molar-refractivity contribution is 5.62. The van der Waals surface area contributed by atoms with Crippen molar-refractivity contribution in [2.75, 3.05) is 13.6 Å². The minimum atomic E-state index is 0.607. The van der Waals surface area contributed by atoms with Gasteiger partial charge in [0.15, 0.2) is 0 Å². The predicted octanol–water partition coefficient (Wildman–Crippen LogP) is -0.171. The number of nitrogens with two attached hydrogens (primary N) is 2. The van der Waals surface area contributed by atoms with Crippen molar-refractivity contribution in [3.8, 4) is 0 Å². The number of hydrazine groups is 1. The molecule has 1 aromatic heterocycles. The van der Waals surface area contributed by atoms with E-state index in [1.807, 2.05) is 17.7 Å². The van der Waals surface area contributed by atoms with Crippen LogP contribution in [-0.4, -0.2) is 28.3 Å². The van der Waals surface area contributed by atoms with Crippen LogP contribution in [0.25, 0.3) is 5.70 Å². The van der Waals surface area contributed by atoms with Crippen molar-refractivity contribution in [2.24, 2.45) is 11.6 Å². The summed E-state index contributed by atoms with van der Waals surface area (Å²) in [6.45, 7) is 4.80. The number of hydrogen-bond donors (Lipinski definition) is 3. The quantitative estimate of drug-likeness (QED) is 0.490. The molecule has 6 nitrogen and oxygen atoms in total. The summed E-state index contributed by atoms with van der Waals surface area (Å²) in [4.78, 5) is 2.29. The maximum Gasteiger partial charge on any atom is 0.110 e. The second kappa shape index (κ2) is 4.77. The minimum Gasteiger partial charge on any atom is -0.395 e. The van der Waals surface area contributed by atoms with Crippen LogP contribution in [0.5, 0.6) is 0 Å². The van der Waals surface area contributed by atoms with E-state index in [1.54, 1.807) is 0 Å². The molecule has 0 spiro atoms. The van der Waals surface area contributed by atoms with Gasteiger partial charge in [-0.1, -0.05) is 0 Å². The Hall–Kier alpha value is -1.53. The minimum absolute atomic E-state index is 0.607.